The van der Waals surface area contributed by atoms with Crippen LogP contribution in [0.2, 0.25) is 0 Å². The van der Waals surface area contributed by atoms with Crippen molar-refractivity contribution in [2.45, 2.75) is 65.5 Å². The average Bonchev–Trinajstić information content (AvgIpc) is 2.96. The predicted octanol–water partition coefficient (Wildman–Crippen LogP) is 0.606. The second kappa shape index (κ2) is 24.8. The minimum absolute atomic E-state index is 0.165. The smallest absolute Gasteiger partial charge is 0.313 e. The molecule has 1 saturated carbocycles. The highest BCUT2D eigenvalue weighted by atomic mass is 16.5. The first-order valence-corrected chi connectivity index (χ1v) is 14.7. The fourth-order valence-electron chi connectivity index (χ4n) is 4.26. The molecule has 10 N–H and O–H groups in total. The summed E-state index contributed by atoms with van der Waals surface area (Å²) in [6.45, 7) is 9.34. The standard InChI is InChI=1S/C16H24O6.C8H12N2.C6H18N4/c1-11(17)7-15(19)21-9-13-3-5-14(6-4-13)10-22-16(20)8-12(2)18;9-5-7-2-1-3-8(4-7)6-10;7-1-4-10(5-2-8)6-3-9/h13-14H,3-10H2,1-2H3;1-4H,5-6,9-10H2;1-9H2. The van der Waals surface area contributed by atoms with Gasteiger partial charge in [0, 0.05) is 52.4 Å². The summed E-state index contributed by atoms with van der Waals surface area (Å²) in [5.74, 6) is -0.706. The molecular formula is C30H54N6O6. The summed E-state index contributed by atoms with van der Waals surface area (Å²) in [6.07, 6.45) is 3.29. The van der Waals surface area contributed by atoms with Crippen LogP contribution in [0, 0.1) is 11.8 Å². The van der Waals surface area contributed by atoms with Crippen LogP contribution in [0.25, 0.3) is 0 Å². The van der Waals surface area contributed by atoms with Crippen LogP contribution in [0.15, 0.2) is 24.3 Å². The van der Waals surface area contributed by atoms with E-state index in [9.17, 15) is 19.2 Å². The molecule has 12 heteroatoms. The van der Waals surface area contributed by atoms with Crippen LogP contribution >= 0.6 is 0 Å². The van der Waals surface area contributed by atoms with Gasteiger partial charge in [-0.3, -0.25) is 24.1 Å². The molecule has 0 saturated heterocycles. The van der Waals surface area contributed by atoms with Crippen molar-refractivity contribution in [1.29, 1.82) is 0 Å². The Bertz CT molecular complexity index is 835. The van der Waals surface area contributed by atoms with E-state index in [1.807, 2.05) is 24.3 Å². The van der Waals surface area contributed by atoms with Gasteiger partial charge < -0.3 is 38.1 Å². The molecular weight excluding hydrogens is 540 g/mol. The van der Waals surface area contributed by atoms with Gasteiger partial charge in [-0.1, -0.05) is 24.3 Å². The number of nitrogens with zero attached hydrogens (tertiary/aromatic N) is 1. The first-order chi connectivity index (χ1) is 20.1. The van der Waals surface area contributed by atoms with Gasteiger partial charge in [0.2, 0.25) is 0 Å². The molecule has 0 amide bonds. The van der Waals surface area contributed by atoms with Crippen molar-refractivity contribution in [3.05, 3.63) is 35.4 Å². The fraction of sp³-hybridized carbons (Fsp3) is 0.667. The Morgan fingerprint density at radius 3 is 1.33 bits per heavy atom. The number of hydrogen-bond acceptors (Lipinski definition) is 12. The highest BCUT2D eigenvalue weighted by molar-refractivity contribution is 5.94. The van der Waals surface area contributed by atoms with Crippen LogP contribution in [0.1, 0.15) is 63.5 Å². The van der Waals surface area contributed by atoms with E-state index in [4.69, 9.17) is 38.1 Å². The van der Waals surface area contributed by atoms with Gasteiger partial charge in [0.15, 0.2) is 0 Å². The van der Waals surface area contributed by atoms with Gasteiger partial charge >= 0.3 is 11.9 Å². The number of rotatable bonds is 16. The van der Waals surface area contributed by atoms with Crippen LogP contribution in [0.5, 0.6) is 0 Å². The monoisotopic (exact) mass is 594 g/mol. The number of ketones is 2. The normalized spacial score (nSPS) is 15.9. The number of esters is 2. The van der Waals surface area contributed by atoms with Crippen molar-refractivity contribution in [3.63, 3.8) is 0 Å². The summed E-state index contributed by atoms with van der Waals surface area (Å²) >= 11 is 0. The Labute approximate surface area is 251 Å². The largest absolute Gasteiger partial charge is 0.465 e. The van der Waals surface area contributed by atoms with Gasteiger partial charge in [-0.25, -0.2) is 0 Å². The van der Waals surface area contributed by atoms with Gasteiger partial charge in [-0.05, 0) is 62.5 Å². The summed E-state index contributed by atoms with van der Waals surface area (Å²) in [5.41, 5.74) is 29.2. The Morgan fingerprint density at radius 2 is 1.05 bits per heavy atom. The molecule has 1 fully saturated rings. The molecule has 240 valence electrons. The Hall–Kier alpha value is -2.74. The highest BCUT2D eigenvalue weighted by Crippen LogP contribution is 2.29. The predicted molar refractivity (Wildman–Crippen MR) is 164 cm³/mol. The Morgan fingerprint density at radius 1 is 0.690 bits per heavy atom. The molecule has 0 bridgehead atoms. The van der Waals surface area contributed by atoms with Crippen LogP contribution < -0.4 is 28.7 Å². The molecule has 42 heavy (non-hydrogen) atoms. The summed E-state index contributed by atoms with van der Waals surface area (Å²) < 4.78 is 10.2. The van der Waals surface area contributed by atoms with Crippen molar-refractivity contribution >= 4 is 23.5 Å². The number of hydrogen-bond donors (Lipinski definition) is 5. The van der Waals surface area contributed by atoms with Gasteiger partial charge in [0.1, 0.15) is 24.4 Å². The lowest BCUT2D eigenvalue weighted by Gasteiger charge is -2.27. The van der Waals surface area contributed by atoms with Gasteiger partial charge in [0.05, 0.1) is 13.2 Å². The molecule has 1 aromatic carbocycles. The maximum absolute atomic E-state index is 11.3. The lowest BCUT2D eigenvalue weighted by Crippen LogP contribution is -2.37. The number of benzene rings is 1. The van der Waals surface area contributed by atoms with E-state index < -0.39 is 11.9 Å². The number of Topliss-reactive ketones (excluding diaryl/α,β-unsaturated/α-hetero) is 2. The van der Waals surface area contributed by atoms with E-state index in [2.05, 4.69) is 4.90 Å². The topological polar surface area (TPSA) is 220 Å². The number of carbonyl (C=O) groups is 4. The molecule has 0 heterocycles. The zero-order valence-electron chi connectivity index (χ0n) is 25.6. The van der Waals surface area contributed by atoms with E-state index in [0.717, 1.165) is 56.4 Å². The summed E-state index contributed by atoms with van der Waals surface area (Å²) in [6, 6.07) is 8.00. The SMILES string of the molecule is CC(=O)CC(=O)OCC1CCC(COC(=O)CC(C)=O)CC1.NCCN(CCN)CCN.NCc1cccc(CN)c1. The van der Waals surface area contributed by atoms with E-state index in [-0.39, 0.29) is 24.4 Å². The number of carbonyl (C=O) groups excluding carboxylic acids is 4. The Balaban J connectivity index is 0.000000694. The molecule has 0 radical (unpaired) electrons. The molecule has 0 unspecified atom stereocenters. The van der Waals surface area contributed by atoms with Crippen molar-refractivity contribution in [2.24, 2.45) is 40.5 Å². The lowest BCUT2D eigenvalue weighted by molar-refractivity contribution is -0.150. The molecule has 12 nitrogen and oxygen atoms in total. The molecule has 0 atom stereocenters. The zero-order valence-corrected chi connectivity index (χ0v) is 25.6. The summed E-state index contributed by atoms with van der Waals surface area (Å²) in [5, 5.41) is 0. The molecule has 1 aliphatic rings. The fourth-order valence-corrected chi connectivity index (χ4v) is 4.26. The first kappa shape index (κ1) is 39.3. The quantitative estimate of drug-likeness (QED) is 0.131. The van der Waals surface area contributed by atoms with Crippen LogP contribution in [0.4, 0.5) is 0 Å². The average molecular weight is 595 g/mol. The molecule has 0 spiro atoms. The molecule has 1 aromatic rings. The minimum atomic E-state index is -0.465. The molecule has 2 rings (SSSR count). The first-order valence-electron chi connectivity index (χ1n) is 14.7. The summed E-state index contributed by atoms with van der Waals surface area (Å²) in [7, 11) is 0. The van der Waals surface area contributed by atoms with Crippen molar-refractivity contribution in [2.75, 3.05) is 52.5 Å². The van der Waals surface area contributed by atoms with E-state index in [0.29, 0.717) is 57.8 Å². The van der Waals surface area contributed by atoms with Crippen molar-refractivity contribution < 1.29 is 28.7 Å². The van der Waals surface area contributed by atoms with Crippen molar-refractivity contribution in [1.82, 2.24) is 4.90 Å². The maximum Gasteiger partial charge on any atom is 0.313 e. The number of ether oxygens (including phenoxy) is 2. The molecule has 0 aliphatic heterocycles. The van der Waals surface area contributed by atoms with E-state index >= 15 is 0 Å². The van der Waals surface area contributed by atoms with Gasteiger partial charge in [-0.2, -0.15) is 0 Å². The molecule has 1 aliphatic carbocycles. The van der Waals surface area contributed by atoms with E-state index in [1.54, 1.807) is 0 Å². The van der Waals surface area contributed by atoms with Crippen LogP contribution in [-0.4, -0.2) is 80.9 Å². The second-order valence-electron chi connectivity index (χ2n) is 10.4. The second-order valence-corrected chi connectivity index (χ2v) is 10.4. The third kappa shape index (κ3) is 21.0. The van der Waals surface area contributed by atoms with Crippen molar-refractivity contribution in [3.8, 4) is 0 Å². The van der Waals surface area contributed by atoms with E-state index in [1.165, 1.54) is 13.8 Å². The van der Waals surface area contributed by atoms with Gasteiger partial charge in [-0.15, -0.1) is 0 Å². The minimum Gasteiger partial charge on any atom is -0.465 e. The third-order valence-electron chi connectivity index (χ3n) is 6.51. The zero-order chi connectivity index (χ0) is 31.8. The maximum atomic E-state index is 11.3. The Kier molecular flexibility index (Phi) is 23.2. The highest BCUT2D eigenvalue weighted by Gasteiger charge is 2.23. The van der Waals surface area contributed by atoms with Gasteiger partial charge in [0.25, 0.3) is 0 Å². The lowest BCUT2D eigenvalue weighted by atomic mass is 9.83. The van der Waals surface area contributed by atoms with Crippen LogP contribution in [0.3, 0.4) is 0 Å². The number of nitrogens with two attached hydrogens (primary N) is 5. The third-order valence-corrected chi connectivity index (χ3v) is 6.51. The van der Waals surface area contributed by atoms with Crippen LogP contribution in [-0.2, 0) is 41.7 Å². The summed E-state index contributed by atoms with van der Waals surface area (Å²) in [4.78, 5) is 46.3. The molecule has 0 aromatic heterocycles.